The lowest BCUT2D eigenvalue weighted by Crippen LogP contribution is -2.48. The van der Waals surface area contributed by atoms with Crippen LogP contribution >= 0.6 is 0 Å². The number of nitrogens with zero attached hydrogens (tertiary/aromatic N) is 1. The van der Waals surface area contributed by atoms with E-state index >= 15 is 0 Å². The third-order valence-electron chi connectivity index (χ3n) is 2.88. The topological polar surface area (TPSA) is 125 Å². The molecular formula is C15H31N3O5. The van der Waals surface area contributed by atoms with E-state index in [0.29, 0.717) is 32.4 Å². The number of rotatable bonds is 10. The normalized spacial score (nSPS) is 12.6. The van der Waals surface area contributed by atoms with Gasteiger partial charge < -0.3 is 26.0 Å². The average molecular weight is 333 g/mol. The number of nitrogens with one attached hydrogen (secondary N) is 1. The van der Waals surface area contributed by atoms with Crippen LogP contribution in [-0.2, 0) is 9.53 Å². The lowest BCUT2D eigenvalue weighted by Gasteiger charge is -2.30. The van der Waals surface area contributed by atoms with Crippen molar-refractivity contribution in [1.29, 1.82) is 0 Å². The molecule has 23 heavy (non-hydrogen) atoms. The maximum atomic E-state index is 12.2. The zero-order valence-electron chi connectivity index (χ0n) is 14.4. The summed E-state index contributed by atoms with van der Waals surface area (Å²) in [5, 5.41) is 21.5. The second kappa shape index (κ2) is 11.2. The molecule has 0 radical (unpaired) electrons. The second-order valence-corrected chi connectivity index (χ2v) is 6.30. The standard InChI is InChI=1S/C15H31N3O5/c1-15(2,3)23-14(22)18(13(21)7-6-8-16)11-12(20)17-9-4-5-10-19/h13,19,21H,4-11,16H2,1-3H3,(H,17,20). The number of carbonyl (C=O) groups is 2. The van der Waals surface area contributed by atoms with Crippen molar-refractivity contribution in [1.82, 2.24) is 10.2 Å². The van der Waals surface area contributed by atoms with E-state index in [1.807, 2.05) is 0 Å². The van der Waals surface area contributed by atoms with E-state index in [4.69, 9.17) is 15.6 Å². The van der Waals surface area contributed by atoms with E-state index in [0.717, 1.165) is 4.90 Å². The minimum absolute atomic E-state index is 0.0672. The quantitative estimate of drug-likeness (QED) is 0.334. The molecule has 1 atom stereocenters. The molecule has 0 aliphatic carbocycles. The Morgan fingerprint density at radius 1 is 1.26 bits per heavy atom. The van der Waals surface area contributed by atoms with Gasteiger partial charge in [-0.2, -0.15) is 0 Å². The minimum Gasteiger partial charge on any atom is -0.444 e. The lowest BCUT2D eigenvalue weighted by molar-refractivity contribution is -0.125. The Bertz CT molecular complexity index is 358. The van der Waals surface area contributed by atoms with Crippen LogP contribution in [0.25, 0.3) is 0 Å². The van der Waals surface area contributed by atoms with E-state index in [1.165, 1.54) is 0 Å². The van der Waals surface area contributed by atoms with E-state index < -0.39 is 17.9 Å². The smallest absolute Gasteiger partial charge is 0.412 e. The molecule has 0 bridgehead atoms. The van der Waals surface area contributed by atoms with Crippen LogP contribution in [0.5, 0.6) is 0 Å². The van der Waals surface area contributed by atoms with Crippen LogP contribution in [0.2, 0.25) is 0 Å². The van der Waals surface area contributed by atoms with Crippen molar-refractivity contribution >= 4 is 12.0 Å². The lowest BCUT2D eigenvalue weighted by atomic mass is 10.2. The van der Waals surface area contributed by atoms with Gasteiger partial charge in [0.05, 0.1) is 0 Å². The van der Waals surface area contributed by atoms with Crippen molar-refractivity contribution in [2.24, 2.45) is 5.73 Å². The highest BCUT2D eigenvalue weighted by Gasteiger charge is 2.28. The van der Waals surface area contributed by atoms with E-state index in [2.05, 4.69) is 5.32 Å². The van der Waals surface area contributed by atoms with Crippen LogP contribution in [-0.4, -0.2) is 65.2 Å². The van der Waals surface area contributed by atoms with Gasteiger partial charge in [0.2, 0.25) is 5.91 Å². The molecule has 8 heteroatoms. The summed E-state index contributed by atoms with van der Waals surface area (Å²) >= 11 is 0. The fraction of sp³-hybridized carbons (Fsp3) is 0.867. The van der Waals surface area contributed by atoms with Crippen LogP contribution < -0.4 is 11.1 Å². The highest BCUT2D eigenvalue weighted by molar-refractivity contribution is 5.82. The molecule has 0 fully saturated rings. The van der Waals surface area contributed by atoms with Crippen LogP contribution in [0, 0.1) is 0 Å². The SMILES string of the molecule is CC(C)(C)OC(=O)N(CC(=O)NCCCCO)C(O)CCCN. The van der Waals surface area contributed by atoms with Crippen molar-refractivity contribution in [3.05, 3.63) is 0 Å². The van der Waals surface area contributed by atoms with Gasteiger partial charge in [-0.1, -0.05) is 0 Å². The van der Waals surface area contributed by atoms with Gasteiger partial charge in [-0.3, -0.25) is 9.69 Å². The summed E-state index contributed by atoms with van der Waals surface area (Å²) in [6.45, 7) is 5.70. The van der Waals surface area contributed by atoms with Crippen LogP contribution in [0.15, 0.2) is 0 Å². The molecule has 0 aliphatic rings. The van der Waals surface area contributed by atoms with Gasteiger partial charge in [-0.05, 0) is 53.0 Å². The highest BCUT2D eigenvalue weighted by atomic mass is 16.6. The number of aliphatic hydroxyl groups excluding tert-OH is 2. The van der Waals surface area contributed by atoms with E-state index in [-0.39, 0.29) is 25.5 Å². The zero-order valence-corrected chi connectivity index (χ0v) is 14.4. The average Bonchev–Trinajstić information content (AvgIpc) is 2.44. The Labute approximate surface area is 138 Å². The number of hydrogen-bond donors (Lipinski definition) is 4. The van der Waals surface area contributed by atoms with Crippen molar-refractivity contribution in [2.45, 2.75) is 58.3 Å². The molecule has 0 rings (SSSR count). The first-order valence-corrected chi connectivity index (χ1v) is 7.96. The van der Waals surface area contributed by atoms with Gasteiger partial charge in [-0.15, -0.1) is 0 Å². The van der Waals surface area contributed by atoms with E-state index in [9.17, 15) is 14.7 Å². The molecule has 0 aromatic heterocycles. The van der Waals surface area contributed by atoms with Crippen molar-refractivity contribution < 1.29 is 24.5 Å². The summed E-state index contributed by atoms with van der Waals surface area (Å²) in [6.07, 6.45) is 0.162. The first kappa shape index (κ1) is 21.6. The summed E-state index contributed by atoms with van der Waals surface area (Å²) in [5.74, 6) is -0.388. The Kier molecular flexibility index (Phi) is 10.5. The minimum atomic E-state index is -1.13. The van der Waals surface area contributed by atoms with Gasteiger partial charge in [0.15, 0.2) is 0 Å². The molecule has 136 valence electrons. The number of ether oxygens (including phenoxy) is 1. The van der Waals surface area contributed by atoms with Crippen LogP contribution in [0.4, 0.5) is 4.79 Å². The molecule has 8 nitrogen and oxygen atoms in total. The van der Waals surface area contributed by atoms with Crippen LogP contribution in [0.3, 0.4) is 0 Å². The number of carbonyl (C=O) groups excluding carboxylic acids is 2. The Morgan fingerprint density at radius 2 is 1.91 bits per heavy atom. The third-order valence-corrected chi connectivity index (χ3v) is 2.88. The molecule has 2 amide bonds. The molecule has 0 heterocycles. The molecule has 0 aromatic rings. The number of nitrogens with two attached hydrogens (primary N) is 1. The molecule has 0 spiro atoms. The number of hydrogen-bond acceptors (Lipinski definition) is 6. The first-order chi connectivity index (χ1) is 10.7. The molecule has 0 aliphatic heterocycles. The molecule has 0 aromatic carbocycles. The monoisotopic (exact) mass is 333 g/mol. The first-order valence-electron chi connectivity index (χ1n) is 7.96. The van der Waals surface area contributed by atoms with Gasteiger partial charge in [0, 0.05) is 13.2 Å². The van der Waals surface area contributed by atoms with Crippen molar-refractivity contribution in [3.8, 4) is 0 Å². The Balaban J connectivity index is 4.64. The number of aliphatic hydroxyl groups is 2. The Hall–Kier alpha value is -1.38. The summed E-state index contributed by atoms with van der Waals surface area (Å²) in [4.78, 5) is 25.1. The predicted molar refractivity (Wildman–Crippen MR) is 86.6 cm³/mol. The van der Waals surface area contributed by atoms with Gasteiger partial charge in [-0.25, -0.2) is 4.79 Å². The summed E-state index contributed by atoms with van der Waals surface area (Å²) in [7, 11) is 0. The number of amides is 2. The van der Waals surface area contributed by atoms with E-state index in [1.54, 1.807) is 20.8 Å². The van der Waals surface area contributed by atoms with Crippen LogP contribution in [0.1, 0.15) is 46.5 Å². The molecular weight excluding hydrogens is 302 g/mol. The maximum absolute atomic E-state index is 12.2. The molecule has 1 unspecified atom stereocenters. The van der Waals surface area contributed by atoms with Gasteiger partial charge >= 0.3 is 6.09 Å². The Morgan fingerprint density at radius 3 is 2.43 bits per heavy atom. The predicted octanol–water partition coefficient (Wildman–Crippen LogP) is 0.170. The summed E-state index contributed by atoms with van der Waals surface area (Å²) in [6, 6.07) is 0. The third kappa shape index (κ3) is 10.9. The largest absolute Gasteiger partial charge is 0.444 e. The second-order valence-electron chi connectivity index (χ2n) is 6.30. The number of unbranched alkanes of at least 4 members (excludes halogenated alkanes) is 1. The fourth-order valence-electron chi connectivity index (χ4n) is 1.74. The maximum Gasteiger partial charge on any atom is 0.412 e. The zero-order chi connectivity index (χ0) is 17.9. The molecule has 0 saturated carbocycles. The summed E-state index contributed by atoms with van der Waals surface area (Å²) in [5.41, 5.74) is 4.68. The van der Waals surface area contributed by atoms with Crippen molar-refractivity contribution in [2.75, 3.05) is 26.2 Å². The van der Waals surface area contributed by atoms with Gasteiger partial charge in [0.1, 0.15) is 18.4 Å². The summed E-state index contributed by atoms with van der Waals surface area (Å²) < 4.78 is 5.23. The molecule has 5 N–H and O–H groups in total. The highest BCUT2D eigenvalue weighted by Crippen LogP contribution is 2.13. The molecule has 0 saturated heterocycles. The van der Waals surface area contributed by atoms with Crippen molar-refractivity contribution in [3.63, 3.8) is 0 Å². The van der Waals surface area contributed by atoms with Gasteiger partial charge in [0.25, 0.3) is 0 Å². The fourth-order valence-corrected chi connectivity index (χ4v) is 1.74.